The average Bonchev–Trinajstić information content (AvgIpc) is 3.08. The molecule has 0 amide bonds. The zero-order chi connectivity index (χ0) is 19.6. The molecule has 0 heterocycles. The highest BCUT2D eigenvalue weighted by molar-refractivity contribution is 5.81. The lowest BCUT2D eigenvalue weighted by Crippen LogP contribution is -2.17. The van der Waals surface area contributed by atoms with E-state index in [0.717, 1.165) is 6.42 Å². The van der Waals surface area contributed by atoms with Crippen molar-refractivity contribution in [2.24, 2.45) is 5.41 Å². The van der Waals surface area contributed by atoms with Crippen LogP contribution in [0.25, 0.3) is 17.2 Å². The zero-order valence-electron chi connectivity index (χ0n) is 18.1. The molecule has 0 saturated heterocycles. The summed E-state index contributed by atoms with van der Waals surface area (Å²) in [5.74, 6) is 0. The highest BCUT2D eigenvalue weighted by atomic mass is 14.3. The van der Waals surface area contributed by atoms with Crippen molar-refractivity contribution >= 4 is 6.08 Å². The van der Waals surface area contributed by atoms with Gasteiger partial charge in [-0.1, -0.05) is 105 Å². The SMILES string of the molecule is Cc1cc(C)cc(-c2cccc3c2C=C(CC2(C)CCCCCCCC2)C3)c1. The number of rotatable bonds is 3. The van der Waals surface area contributed by atoms with Crippen molar-refractivity contribution in [3.63, 3.8) is 0 Å². The quantitative estimate of drug-likeness (QED) is 0.507. The van der Waals surface area contributed by atoms with Crippen LogP contribution < -0.4 is 0 Å². The van der Waals surface area contributed by atoms with Gasteiger partial charge in [-0.05, 0) is 67.2 Å². The molecule has 0 nitrogen and oxygen atoms in total. The van der Waals surface area contributed by atoms with Gasteiger partial charge in [0.15, 0.2) is 0 Å². The number of fused-ring (bicyclic) bond motifs is 1. The van der Waals surface area contributed by atoms with E-state index in [2.05, 4.69) is 63.2 Å². The van der Waals surface area contributed by atoms with Gasteiger partial charge in [0.2, 0.25) is 0 Å². The van der Waals surface area contributed by atoms with Gasteiger partial charge >= 0.3 is 0 Å². The molecule has 0 atom stereocenters. The van der Waals surface area contributed by atoms with Crippen molar-refractivity contribution in [2.75, 3.05) is 0 Å². The van der Waals surface area contributed by atoms with E-state index in [1.807, 2.05) is 0 Å². The molecule has 2 aromatic carbocycles. The van der Waals surface area contributed by atoms with E-state index in [4.69, 9.17) is 0 Å². The van der Waals surface area contributed by atoms with Crippen molar-refractivity contribution in [3.8, 4) is 11.1 Å². The monoisotopic (exact) mass is 372 g/mol. The minimum absolute atomic E-state index is 0.498. The maximum atomic E-state index is 2.56. The Hall–Kier alpha value is -1.82. The van der Waals surface area contributed by atoms with E-state index in [1.54, 1.807) is 5.57 Å². The normalized spacial score (nSPS) is 19.3. The van der Waals surface area contributed by atoms with E-state index in [-0.39, 0.29) is 0 Å². The molecule has 2 aliphatic rings. The summed E-state index contributed by atoms with van der Waals surface area (Å²) < 4.78 is 0. The largest absolute Gasteiger partial charge is 0.0646 e. The fourth-order valence-corrected chi connectivity index (χ4v) is 5.59. The lowest BCUT2D eigenvalue weighted by atomic mass is 9.75. The highest BCUT2D eigenvalue weighted by Crippen LogP contribution is 2.43. The summed E-state index contributed by atoms with van der Waals surface area (Å²) in [5, 5.41) is 0. The van der Waals surface area contributed by atoms with Crippen molar-refractivity contribution in [1.82, 2.24) is 0 Å². The van der Waals surface area contributed by atoms with Crippen LogP contribution in [0.15, 0.2) is 42.0 Å². The fraction of sp³-hybridized carbons (Fsp3) is 0.500. The maximum Gasteiger partial charge on any atom is -0.00574 e. The van der Waals surface area contributed by atoms with Crippen molar-refractivity contribution in [2.45, 2.75) is 85.0 Å². The molecule has 0 heteroatoms. The predicted octanol–water partition coefficient (Wildman–Crippen LogP) is 8.44. The third-order valence-electron chi connectivity index (χ3n) is 6.96. The third-order valence-corrected chi connectivity index (χ3v) is 6.96. The summed E-state index contributed by atoms with van der Waals surface area (Å²) >= 11 is 0. The Labute approximate surface area is 172 Å². The zero-order valence-corrected chi connectivity index (χ0v) is 18.1. The van der Waals surface area contributed by atoms with Crippen molar-refractivity contribution in [1.29, 1.82) is 0 Å². The van der Waals surface area contributed by atoms with Crippen LogP contribution in [0.5, 0.6) is 0 Å². The smallest absolute Gasteiger partial charge is 0.00574 e. The molecule has 148 valence electrons. The van der Waals surface area contributed by atoms with Gasteiger partial charge in [0.1, 0.15) is 0 Å². The standard InChI is InChI=1S/C28H36/c1-21-15-22(2)17-25(16-21)26-12-10-11-24-18-23(19-27(24)26)20-28(3)13-8-6-4-5-7-9-14-28/h10-12,15-17,19H,4-9,13-14,18,20H2,1-3H3. The maximum absolute atomic E-state index is 2.56. The van der Waals surface area contributed by atoms with Crippen LogP contribution in [0.4, 0.5) is 0 Å². The number of aryl methyl sites for hydroxylation is 2. The molecular weight excluding hydrogens is 336 g/mol. The number of hydrogen-bond donors (Lipinski definition) is 0. The summed E-state index contributed by atoms with van der Waals surface area (Å²) in [5.41, 5.74) is 10.7. The summed E-state index contributed by atoms with van der Waals surface area (Å²) in [6.45, 7) is 6.98. The summed E-state index contributed by atoms with van der Waals surface area (Å²) in [6, 6.07) is 13.9. The van der Waals surface area contributed by atoms with Gasteiger partial charge in [-0.25, -0.2) is 0 Å². The van der Waals surface area contributed by atoms with Crippen LogP contribution in [0.3, 0.4) is 0 Å². The summed E-state index contributed by atoms with van der Waals surface area (Å²) in [6.07, 6.45) is 16.4. The fourth-order valence-electron chi connectivity index (χ4n) is 5.59. The Morgan fingerprint density at radius 1 is 0.821 bits per heavy atom. The lowest BCUT2D eigenvalue weighted by molar-refractivity contribution is 0.256. The van der Waals surface area contributed by atoms with Gasteiger partial charge in [-0.15, -0.1) is 0 Å². The Bertz CT molecular complexity index is 837. The topological polar surface area (TPSA) is 0 Å². The molecule has 0 spiro atoms. The molecule has 0 unspecified atom stereocenters. The van der Waals surface area contributed by atoms with E-state index in [9.17, 15) is 0 Å². The van der Waals surface area contributed by atoms with Gasteiger partial charge in [-0.2, -0.15) is 0 Å². The highest BCUT2D eigenvalue weighted by Gasteiger charge is 2.28. The Morgan fingerprint density at radius 2 is 1.46 bits per heavy atom. The van der Waals surface area contributed by atoms with E-state index < -0.39 is 0 Å². The summed E-state index contributed by atoms with van der Waals surface area (Å²) in [7, 11) is 0. The van der Waals surface area contributed by atoms with Crippen molar-refractivity contribution < 1.29 is 0 Å². The molecule has 0 N–H and O–H groups in total. The average molecular weight is 373 g/mol. The van der Waals surface area contributed by atoms with E-state index >= 15 is 0 Å². The Kier molecular flexibility index (Phi) is 5.76. The second-order valence-corrected chi connectivity index (χ2v) is 9.84. The van der Waals surface area contributed by atoms with Crippen LogP contribution in [-0.2, 0) is 6.42 Å². The molecule has 0 aromatic heterocycles. The summed E-state index contributed by atoms with van der Waals surface area (Å²) in [4.78, 5) is 0. The Balaban J connectivity index is 1.60. The molecule has 1 fully saturated rings. The molecule has 0 aliphatic heterocycles. The molecule has 2 aliphatic carbocycles. The van der Waals surface area contributed by atoms with Crippen LogP contribution in [0, 0.1) is 19.3 Å². The Morgan fingerprint density at radius 3 is 2.14 bits per heavy atom. The minimum atomic E-state index is 0.498. The molecule has 4 rings (SSSR count). The predicted molar refractivity (Wildman–Crippen MR) is 123 cm³/mol. The van der Waals surface area contributed by atoms with Crippen LogP contribution >= 0.6 is 0 Å². The molecule has 28 heavy (non-hydrogen) atoms. The van der Waals surface area contributed by atoms with E-state index in [1.165, 1.54) is 91.2 Å². The first-order chi connectivity index (χ1) is 13.5. The first-order valence-electron chi connectivity index (χ1n) is 11.4. The molecule has 2 aromatic rings. The first kappa shape index (κ1) is 19.5. The first-order valence-corrected chi connectivity index (χ1v) is 11.4. The third kappa shape index (κ3) is 4.43. The molecular formula is C28H36. The van der Waals surface area contributed by atoms with E-state index in [0.29, 0.717) is 5.41 Å². The van der Waals surface area contributed by atoms with Gasteiger partial charge in [0.25, 0.3) is 0 Å². The van der Waals surface area contributed by atoms with Gasteiger partial charge in [0, 0.05) is 0 Å². The van der Waals surface area contributed by atoms with Gasteiger partial charge in [-0.3, -0.25) is 0 Å². The number of hydrogen-bond acceptors (Lipinski definition) is 0. The molecule has 0 radical (unpaired) electrons. The number of allylic oxidation sites excluding steroid dienone is 1. The minimum Gasteiger partial charge on any atom is -0.0646 e. The van der Waals surface area contributed by atoms with Crippen LogP contribution in [-0.4, -0.2) is 0 Å². The second kappa shape index (κ2) is 8.27. The van der Waals surface area contributed by atoms with Crippen LogP contribution in [0.1, 0.15) is 87.0 Å². The van der Waals surface area contributed by atoms with Gasteiger partial charge < -0.3 is 0 Å². The van der Waals surface area contributed by atoms with Crippen molar-refractivity contribution in [3.05, 3.63) is 64.2 Å². The number of benzene rings is 2. The van der Waals surface area contributed by atoms with Gasteiger partial charge in [0.05, 0.1) is 0 Å². The molecule has 0 bridgehead atoms. The lowest BCUT2D eigenvalue weighted by Gasteiger charge is -2.30. The second-order valence-electron chi connectivity index (χ2n) is 9.84. The van der Waals surface area contributed by atoms with Crippen LogP contribution in [0.2, 0.25) is 0 Å². The molecule has 1 saturated carbocycles.